The molecule has 0 saturated carbocycles. The van der Waals surface area contributed by atoms with Crippen molar-refractivity contribution in [1.29, 1.82) is 0 Å². The second-order valence-corrected chi connectivity index (χ2v) is 2.13. The predicted octanol–water partition coefficient (Wildman–Crippen LogP) is -0.0115. The Bertz CT molecular complexity index is 269. The largest absolute Gasteiger partial charge is 1.00 e. The summed E-state index contributed by atoms with van der Waals surface area (Å²) in [6.45, 7) is 8.81. The van der Waals surface area contributed by atoms with E-state index in [1.807, 2.05) is 25.2 Å². The number of hydrogen-bond acceptors (Lipinski definition) is 0. The summed E-state index contributed by atoms with van der Waals surface area (Å²) in [5, 5.41) is 4.07. The van der Waals surface area contributed by atoms with Gasteiger partial charge in [0.25, 0.3) is 0 Å². The van der Waals surface area contributed by atoms with Crippen LogP contribution >= 0.6 is 0 Å². The molecule has 0 radical (unpaired) electrons. The standard InChI is InChI=1S/C9H9N2.Li/c1-3-8(10-2)9-6-4-5-7-11-9;/h4-7H,3H2,1H3;/q-1;+1. The average Bonchev–Trinajstić information content (AvgIpc) is 2.09. The minimum absolute atomic E-state index is 0. The predicted molar refractivity (Wildman–Crippen MR) is 45.6 cm³/mol. The minimum Gasteiger partial charge on any atom is -0.674 e. The van der Waals surface area contributed by atoms with Crippen molar-refractivity contribution in [3.63, 3.8) is 0 Å². The Kier molecular flexibility index (Phi) is 5.29. The van der Waals surface area contributed by atoms with E-state index in [0.29, 0.717) is 0 Å². The fraction of sp³-hybridized carbons (Fsp3) is 0.222. The minimum atomic E-state index is 0. The molecule has 1 aliphatic heterocycles. The fourth-order valence-corrected chi connectivity index (χ4v) is 0.851. The van der Waals surface area contributed by atoms with Gasteiger partial charge in [-0.05, 0) is 6.42 Å². The molecule has 0 bridgehead atoms. The third-order valence-corrected chi connectivity index (χ3v) is 1.43. The molecule has 0 aliphatic carbocycles. The Balaban J connectivity index is 0.00000121. The summed E-state index contributed by atoms with van der Waals surface area (Å²) in [5.41, 5.74) is 1.52. The molecule has 0 aromatic carbocycles. The van der Waals surface area contributed by atoms with Crippen LogP contribution in [0.15, 0.2) is 35.8 Å². The zero-order valence-corrected chi connectivity index (χ0v) is 7.41. The van der Waals surface area contributed by atoms with Crippen molar-refractivity contribution in [2.24, 2.45) is 0 Å². The second-order valence-electron chi connectivity index (χ2n) is 2.13. The van der Waals surface area contributed by atoms with Crippen molar-refractivity contribution in [2.45, 2.75) is 13.3 Å². The van der Waals surface area contributed by atoms with Gasteiger partial charge < -0.3 is 5.32 Å². The number of allylic oxidation sites excluding steroid dienone is 4. The van der Waals surface area contributed by atoms with E-state index < -0.39 is 0 Å². The number of nitrogens with zero attached hydrogens (tertiary/aromatic N) is 2. The molecule has 12 heavy (non-hydrogen) atoms. The van der Waals surface area contributed by atoms with Gasteiger partial charge in [-0.2, -0.15) is 6.20 Å². The molecule has 0 atom stereocenters. The van der Waals surface area contributed by atoms with Crippen molar-refractivity contribution in [3.8, 4) is 0 Å². The van der Waals surface area contributed by atoms with Crippen LogP contribution in [-0.2, 0) is 0 Å². The van der Waals surface area contributed by atoms with Crippen LogP contribution in [-0.4, -0.2) is 0 Å². The first-order valence-corrected chi connectivity index (χ1v) is 3.53. The Morgan fingerprint density at radius 1 is 1.58 bits per heavy atom. The maximum absolute atomic E-state index is 6.85. The first kappa shape index (κ1) is 11.1. The normalized spacial score (nSPS) is 17.3. The van der Waals surface area contributed by atoms with E-state index in [4.69, 9.17) is 6.57 Å². The van der Waals surface area contributed by atoms with Crippen LogP contribution in [0.3, 0.4) is 0 Å². The van der Waals surface area contributed by atoms with Crippen molar-refractivity contribution >= 4 is 0 Å². The maximum Gasteiger partial charge on any atom is 1.00 e. The van der Waals surface area contributed by atoms with Crippen LogP contribution in [0, 0.1) is 6.57 Å². The van der Waals surface area contributed by atoms with E-state index in [0.717, 1.165) is 17.8 Å². The van der Waals surface area contributed by atoms with Crippen LogP contribution in [0.4, 0.5) is 0 Å². The first-order valence-electron chi connectivity index (χ1n) is 3.53. The summed E-state index contributed by atoms with van der Waals surface area (Å²) >= 11 is 0. The molecule has 56 valence electrons. The Hall–Kier alpha value is -0.893. The molecule has 1 aliphatic rings. The van der Waals surface area contributed by atoms with Gasteiger partial charge in [-0.15, -0.1) is 5.70 Å². The van der Waals surface area contributed by atoms with Gasteiger partial charge >= 0.3 is 18.9 Å². The first-order chi connectivity index (χ1) is 5.38. The van der Waals surface area contributed by atoms with Crippen molar-refractivity contribution < 1.29 is 18.9 Å². The molecular formula is C9H9LiN2. The average molecular weight is 152 g/mol. The number of rotatable bonds is 1. The van der Waals surface area contributed by atoms with E-state index in [2.05, 4.69) is 10.2 Å². The Labute approximate surface area is 85.0 Å². The SMILES string of the molecule is [C-]#[N+]C(CC)=C1C=CC=C[N-]1.[Li+]. The van der Waals surface area contributed by atoms with E-state index >= 15 is 0 Å². The quantitative estimate of drug-likeness (QED) is 0.371. The summed E-state index contributed by atoms with van der Waals surface area (Å²) in [6.07, 6.45) is 8.05. The zero-order valence-electron chi connectivity index (χ0n) is 7.41. The third-order valence-electron chi connectivity index (χ3n) is 1.43. The van der Waals surface area contributed by atoms with Gasteiger partial charge in [-0.3, -0.25) is 0 Å². The summed E-state index contributed by atoms with van der Waals surface area (Å²) < 4.78 is 0. The molecule has 1 rings (SSSR count). The van der Waals surface area contributed by atoms with Crippen molar-refractivity contribution in [1.82, 2.24) is 0 Å². The molecule has 2 nitrogen and oxygen atoms in total. The van der Waals surface area contributed by atoms with Gasteiger partial charge in [0.15, 0.2) is 5.70 Å². The monoisotopic (exact) mass is 152 g/mol. The van der Waals surface area contributed by atoms with Crippen molar-refractivity contribution in [2.75, 3.05) is 0 Å². The molecule has 0 N–H and O–H groups in total. The summed E-state index contributed by atoms with van der Waals surface area (Å²) in [7, 11) is 0. The van der Waals surface area contributed by atoms with Gasteiger partial charge in [0.05, 0.1) is 6.57 Å². The molecule has 0 spiro atoms. The summed E-state index contributed by atoms with van der Waals surface area (Å²) in [6, 6.07) is 0. The van der Waals surface area contributed by atoms with Gasteiger partial charge in [0.1, 0.15) is 0 Å². The molecule has 0 saturated heterocycles. The Morgan fingerprint density at radius 3 is 2.75 bits per heavy atom. The van der Waals surface area contributed by atoms with Gasteiger partial charge in [0, 0.05) is 0 Å². The van der Waals surface area contributed by atoms with Crippen LogP contribution in [0.1, 0.15) is 13.3 Å². The van der Waals surface area contributed by atoms with Crippen molar-refractivity contribution in [3.05, 3.63) is 52.6 Å². The summed E-state index contributed by atoms with van der Waals surface area (Å²) in [4.78, 5) is 3.38. The van der Waals surface area contributed by atoms with Gasteiger partial charge in [-0.25, -0.2) is 4.85 Å². The van der Waals surface area contributed by atoms with E-state index in [1.54, 1.807) is 6.20 Å². The molecule has 0 aromatic rings. The maximum atomic E-state index is 6.85. The molecule has 0 fully saturated rings. The molecule has 0 unspecified atom stereocenters. The van der Waals surface area contributed by atoms with Crippen LogP contribution < -0.4 is 18.9 Å². The second kappa shape index (κ2) is 5.72. The van der Waals surface area contributed by atoms with Gasteiger partial charge in [-0.1, -0.05) is 25.2 Å². The molecule has 1 heterocycles. The molecule has 0 amide bonds. The fourth-order valence-electron chi connectivity index (χ4n) is 0.851. The van der Waals surface area contributed by atoms with Crippen LogP contribution in [0.25, 0.3) is 10.2 Å². The van der Waals surface area contributed by atoms with Crippen LogP contribution in [0.2, 0.25) is 0 Å². The van der Waals surface area contributed by atoms with E-state index in [1.165, 1.54) is 0 Å². The number of hydrogen-bond donors (Lipinski definition) is 0. The smallest absolute Gasteiger partial charge is 0.674 e. The summed E-state index contributed by atoms with van der Waals surface area (Å²) in [5.74, 6) is 0. The van der Waals surface area contributed by atoms with E-state index in [-0.39, 0.29) is 18.9 Å². The molecule has 0 aromatic heterocycles. The third kappa shape index (κ3) is 2.62. The van der Waals surface area contributed by atoms with Gasteiger partial charge in [0.2, 0.25) is 0 Å². The van der Waals surface area contributed by atoms with E-state index in [9.17, 15) is 0 Å². The molecule has 3 heteroatoms. The molecular weight excluding hydrogens is 143 g/mol. The van der Waals surface area contributed by atoms with Crippen LogP contribution in [0.5, 0.6) is 0 Å². The Morgan fingerprint density at radius 2 is 2.33 bits per heavy atom. The zero-order chi connectivity index (χ0) is 8.10. The topological polar surface area (TPSA) is 18.5 Å².